The zero-order chi connectivity index (χ0) is 10.4. The third-order valence-electron chi connectivity index (χ3n) is 2.36. The Bertz CT molecular complexity index is 657. The van der Waals surface area contributed by atoms with E-state index in [1.807, 2.05) is 41.9 Å². The lowest BCUT2D eigenvalue weighted by atomic mass is 10.3. The van der Waals surface area contributed by atoms with Crippen LogP contribution in [0, 0.1) is 6.92 Å². The largest absolute Gasteiger partial charge is 0.252 e. The van der Waals surface area contributed by atoms with Crippen molar-refractivity contribution in [2.75, 3.05) is 0 Å². The molecule has 0 bridgehead atoms. The van der Waals surface area contributed by atoms with Crippen LogP contribution in [-0.2, 0) is 0 Å². The summed E-state index contributed by atoms with van der Waals surface area (Å²) in [6.45, 7) is 1.96. The van der Waals surface area contributed by atoms with Gasteiger partial charge in [-0.15, -0.1) is 0 Å². The molecule has 0 aliphatic heterocycles. The van der Waals surface area contributed by atoms with Gasteiger partial charge in [0.15, 0.2) is 0 Å². The van der Waals surface area contributed by atoms with E-state index in [-0.39, 0.29) is 0 Å². The summed E-state index contributed by atoms with van der Waals surface area (Å²) in [4.78, 5) is 4.34. The molecule has 0 aliphatic carbocycles. The Morgan fingerprint density at radius 3 is 3.00 bits per heavy atom. The molecule has 0 saturated carbocycles. The van der Waals surface area contributed by atoms with E-state index in [1.165, 1.54) is 0 Å². The molecule has 0 fully saturated rings. The summed E-state index contributed by atoms with van der Waals surface area (Å²) in [6, 6.07) is 7.60. The molecule has 4 heteroatoms. The molecule has 3 rings (SSSR count). The fourth-order valence-corrected chi connectivity index (χ4v) is 1.88. The highest BCUT2D eigenvalue weighted by Crippen LogP contribution is 2.19. The van der Waals surface area contributed by atoms with E-state index in [2.05, 4.69) is 10.1 Å². The summed E-state index contributed by atoms with van der Waals surface area (Å²) in [5, 5.41) is 5.10. The smallest absolute Gasteiger partial charge is 0.0924 e. The molecule has 0 N–H and O–H groups in total. The van der Waals surface area contributed by atoms with Crippen molar-refractivity contribution in [2.45, 2.75) is 6.92 Å². The van der Waals surface area contributed by atoms with Crippen LogP contribution in [0.25, 0.3) is 16.6 Å². The molecule has 0 aliphatic rings. The molecule has 3 aromatic rings. The van der Waals surface area contributed by atoms with Gasteiger partial charge in [-0.1, -0.05) is 11.6 Å². The van der Waals surface area contributed by atoms with Crippen LogP contribution in [0.4, 0.5) is 0 Å². The quantitative estimate of drug-likeness (QED) is 0.580. The number of nitrogens with zero attached hydrogens (tertiary/aromatic N) is 3. The highest BCUT2D eigenvalue weighted by atomic mass is 35.5. The molecule has 0 radical (unpaired) electrons. The first-order valence-electron chi connectivity index (χ1n) is 4.65. The summed E-state index contributed by atoms with van der Waals surface area (Å²) >= 11 is 5.96. The Kier molecular flexibility index (Phi) is 1.70. The second-order valence-electron chi connectivity index (χ2n) is 3.51. The van der Waals surface area contributed by atoms with Crippen LogP contribution in [0.5, 0.6) is 0 Å². The number of benzene rings is 1. The van der Waals surface area contributed by atoms with Gasteiger partial charge in [0.25, 0.3) is 0 Å². The number of aromatic nitrogens is 3. The van der Waals surface area contributed by atoms with Gasteiger partial charge in [-0.25, -0.2) is 4.52 Å². The van der Waals surface area contributed by atoms with Crippen molar-refractivity contribution in [3.63, 3.8) is 0 Å². The van der Waals surface area contributed by atoms with Gasteiger partial charge in [0.05, 0.1) is 28.4 Å². The highest BCUT2D eigenvalue weighted by Gasteiger charge is 2.03. The average Bonchev–Trinajstić information content (AvgIpc) is 2.58. The molecular weight excluding hydrogens is 210 g/mol. The molecule has 0 spiro atoms. The second kappa shape index (κ2) is 2.94. The molecule has 3 nitrogen and oxygen atoms in total. The SMILES string of the molecule is Cc1cc2cnc3ccc(Cl)cc3n2n1. The summed E-state index contributed by atoms with van der Waals surface area (Å²) in [6.07, 6.45) is 1.82. The lowest BCUT2D eigenvalue weighted by Gasteiger charge is -2.00. The zero-order valence-electron chi connectivity index (χ0n) is 8.11. The van der Waals surface area contributed by atoms with Gasteiger partial charge in [-0.2, -0.15) is 5.10 Å². The van der Waals surface area contributed by atoms with Gasteiger partial charge < -0.3 is 0 Å². The van der Waals surface area contributed by atoms with E-state index in [0.717, 1.165) is 22.2 Å². The van der Waals surface area contributed by atoms with Crippen LogP contribution < -0.4 is 0 Å². The minimum atomic E-state index is 0.699. The number of fused-ring (bicyclic) bond motifs is 3. The number of hydrogen-bond donors (Lipinski definition) is 0. The molecule has 0 unspecified atom stereocenters. The van der Waals surface area contributed by atoms with Crippen LogP contribution in [0.15, 0.2) is 30.5 Å². The molecule has 15 heavy (non-hydrogen) atoms. The third kappa shape index (κ3) is 1.27. The minimum absolute atomic E-state index is 0.699. The molecule has 0 atom stereocenters. The van der Waals surface area contributed by atoms with Crippen molar-refractivity contribution in [2.24, 2.45) is 0 Å². The van der Waals surface area contributed by atoms with Gasteiger partial charge >= 0.3 is 0 Å². The predicted molar refractivity (Wildman–Crippen MR) is 60.2 cm³/mol. The topological polar surface area (TPSA) is 30.2 Å². The number of hydrogen-bond acceptors (Lipinski definition) is 2. The average molecular weight is 218 g/mol. The minimum Gasteiger partial charge on any atom is -0.252 e. The third-order valence-corrected chi connectivity index (χ3v) is 2.60. The number of halogens is 1. The molecule has 0 saturated heterocycles. The number of aryl methyl sites for hydroxylation is 1. The maximum atomic E-state index is 5.96. The van der Waals surface area contributed by atoms with Gasteiger partial charge in [-0.05, 0) is 31.2 Å². The molecule has 2 heterocycles. The van der Waals surface area contributed by atoms with Crippen molar-refractivity contribution < 1.29 is 0 Å². The van der Waals surface area contributed by atoms with Crippen LogP contribution in [0.1, 0.15) is 5.69 Å². The van der Waals surface area contributed by atoms with Crippen LogP contribution in [0.3, 0.4) is 0 Å². The van der Waals surface area contributed by atoms with Crippen LogP contribution >= 0.6 is 11.6 Å². The fraction of sp³-hybridized carbons (Fsp3) is 0.0909. The van der Waals surface area contributed by atoms with Crippen molar-refractivity contribution in [1.82, 2.24) is 14.6 Å². The normalized spacial score (nSPS) is 11.3. The van der Waals surface area contributed by atoms with Gasteiger partial charge in [0.1, 0.15) is 0 Å². The standard InChI is InChI=1S/C11H8ClN3/c1-7-4-9-6-13-10-3-2-8(12)5-11(10)15(9)14-7/h2-6H,1H3. The van der Waals surface area contributed by atoms with E-state index in [4.69, 9.17) is 11.6 Å². The first-order valence-corrected chi connectivity index (χ1v) is 5.02. The summed E-state index contributed by atoms with van der Waals surface area (Å²) in [5.41, 5.74) is 3.80. The predicted octanol–water partition coefficient (Wildman–Crippen LogP) is 2.84. The van der Waals surface area contributed by atoms with Crippen molar-refractivity contribution >= 4 is 28.2 Å². The van der Waals surface area contributed by atoms with E-state index in [1.54, 1.807) is 0 Å². The molecular formula is C11H8ClN3. The molecule has 74 valence electrons. The highest BCUT2D eigenvalue weighted by molar-refractivity contribution is 6.31. The van der Waals surface area contributed by atoms with Gasteiger partial charge in [-0.3, -0.25) is 4.98 Å². The first-order chi connectivity index (χ1) is 7.24. The van der Waals surface area contributed by atoms with Crippen molar-refractivity contribution in [1.29, 1.82) is 0 Å². The summed E-state index contributed by atoms with van der Waals surface area (Å²) in [5.74, 6) is 0. The molecule has 2 aromatic heterocycles. The van der Waals surface area contributed by atoms with E-state index < -0.39 is 0 Å². The van der Waals surface area contributed by atoms with Crippen LogP contribution in [-0.4, -0.2) is 14.6 Å². The summed E-state index contributed by atoms with van der Waals surface area (Å²) < 4.78 is 1.86. The zero-order valence-corrected chi connectivity index (χ0v) is 8.86. The Hall–Kier alpha value is -1.61. The Balaban J connectivity index is 2.56. The Morgan fingerprint density at radius 1 is 1.27 bits per heavy atom. The molecule has 0 amide bonds. The Labute approximate surface area is 91.3 Å². The monoisotopic (exact) mass is 217 g/mol. The second-order valence-corrected chi connectivity index (χ2v) is 3.95. The van der Waals surface area contributed by atoms with E-state index in [0.29, 0.717) is 5.02 Å². The van der Waals surface area contributed by atoms with Gasteiger partial charge in [0, 0.05) is 5.02 Å². The maximum absolute atomic E-state index is 5.96. The van der Waals surface area contributed by atoms with Crippen molar-refractivity contribution in [3.05, 3.63) is 41.2 Å². The lowest BCUT2D eigenvalue weighted by molar-refractivity contribution is 0.965. The molecule has 1 aromatic carbocycles. The first kappa shape index (κ1) is 8.68. The lowest BCUT2D eigenvalue weighted by Crippen LogP contribution is -1.92. The number of rotatable bonds is 0. The van der Waals surface area contributed by atoms with Gasteiger partial charge in [0.2, 0.25) is 0 Å². The Morgan fingerprint density at radius 2 is 2.13 bits per heavy atom. The van der Waals surface area contributed by atoms with Crippen LogP contribution in [0.2, 0.25) is 5.02 Å². The maximum Gasteiger partial charge on any atom is 0.0924 e. The van der Waals surface area contributed by atoms with Crippen molar-refractivity contribution in [3.8, 4) is 0 Å². The van der Waals surface area contributed by atoms with E-state index >= 15 is 0 Å². The fourth-order valence-electron chi connectivity index (χ4n) is 1.72. The van der Waals surface area contributed by atoms with E-state index in [9.17, 15) is 0 Å². The summed E-state index contributed by atoms with van der Waals surface area (Å²) in [7, 11) is 0.